The van der Waals surface area contributed by atoms with E-state index in [-0.39, 0.29) is 18.4 Å². The van der Waals surface area contributed by atoms with Crippen LogP contribution in [0.2, 0.25) is 0 Å². The van der Waals surface area contributed by atoms with E-state index in [0.29, 0.717) is 25.9 Å². The predicted octanol–water partition coefficient (Wildman–Crippen LogP) is 0.954. The Morgan fingerprint density at radius 2 is 1.95 bits per heavy atom. The zero-order valence-corrected chi connectivity index (χ0v) is 13.7. The van der Waals surface area contributed by atoms with Crippen molar-refractivity contribution in [1.29, 1.82) is 0 Å². The van der Waals surface area contributed by atoms with Crippen LogP contribution in [0.15, 0.2) is 0 Å². The molecule has 0 aliphatic rings. The molecule has 0 radical (unpaired) electrons. The van der Waals surface area contributed by atoms with Crippen molar-refractivity contribution >= 4 is 11.8 Å². The molecule has 1 heterocycles. The summed E-state index contributed by atoms with van der Waals surface area (Å²) in [6.07, 6.45) is 1.07. The fourth-order valence-electron chi connectivity index (χ4n) is 2.37. The van der Waals surface area contributed by atoms with Gasteiger partial charge in [-0.05, 0) is 39.7 Å². The van der Waals surface area contributed by atoms with E-state index in [2.05, 4.69) is 10.4 Å². The first kappa shape index (κ1) is 17.2. The van der Waals surface area contributed by atoms with Gasteiger partial charge >= 0.3 is 0 Å². The van der Waals surface area contributed by atoms with E-state index in [1.165, 1.54) is 0 Å². The SMILES string of the molecule is CCNC(=O)CN(CC)C(=O)CCc1c(C)nn(C)c1C. The van der Waals surface area contributed by atoms with Gasteiger partial charge in [0.15, 0.2) is 0 Å². The average Bonchev–Trinajstić information content (AvgIpc) is 2.67. The van der Waals surface area contributed by atoms with Crippen molar-refractivity contribution in [3.05, 3.63) is 17.0 Å². The lowest BCUT2D eigenvalue weighted by Crippen LogP contribution is -2.40. The molecule has 0 spiro atoms. The summed E-state index contributed by atoms with van der Waals surface area (Å²) in [7, 11) is 1.90. The van der Waals surface area contributed by atoms with Gasteiger partial charge in [0.2, 0.25) is 11.8 Å². The van der Waals surface area contributed by atoms with Crippen LogP contribution in [-0.4, -0.2) is 46.1 Å². The van der Waals surface area contributed by atoms with Crippen LogP contribution in [0.3, 0.4) is 0 Å². The first-order valence-electron chi connectivity index (χ1n) is 7.44. The van der Waals surface area contributed by atoms with Crippen molar-refractivity contribution in [3.63, 3.8) is 0 Å². The molecule has 0 aliphatic carbocycles. The molecule has 2 amide bonds. The molecular formula is C15H26N4O2. The molecule has 21 heavy (non-hydrogen) atoms. The van der Waals surface area contributed by atoms with Gasteiger partial charge in [0.1, 0.15) is 0 Å². The average molecular weight is 294 g/mol. The summed E-state index contributed by atoms with van der Waals surface area (Å²) in [6.45, 7) is 8.97. The molecule has 1 aromatic heterocycles. The van der Waals surface area contributed by atoms with E-state index < -0.39 is 0 Å². The second-order valence-electron chi connectivity index (χ2n) is 5.13. The molecule has 1 N–H and O–H groups in total. The first-order valence-corrected chi connectivity index (χ1v) is 7.44. The van der Waals surface area contributed by atoms with Gasteiger partial charge < -0.3 is 10.2 Å². The Bertz CT molecular complexity index is 508. The van der Waals surface area contributed by atoms with Crippen molar-refractivity contribution in [2.75, 3.05) is 19.6 Å². The zero-order chi connectivity index (χ0) is 16.0. The van der Waals surface area contributed by atoms with Crippen LogP contribution in [0.1, 0.15) is 37.2 Å². The van der Waals surface area contributed by atoms with Crippen molar-refractivity contribution in [2.45, 2.75) is 40.5 Å². The van der Waals surface area contributed by atoms with Gasteiger partial charge in [0.05, 0.1) is 12.2 Å². The van der Waals surface area contributed by atoms with Crippen LogP contribution >= 0.6 is 0 Å². The molecule has 1 rings (SSSR count). The van der Waals surface area contributed by atoms with Crippen LogP contribution in [0.4, 0.5) is 0 Å². The molecule has 118 valence electrons. The van der Waals surface area contributed by atoms with E-state index in [1.807, 2.05) is 39.4 Å². The lowest BCUT2D eigenvalue weighted by molar-refractivity contribution is -0.135. The second kappa shape index (κ2) is 7.81. The zero-order valence-electron chi connectivity index (χ0n) is 13.7. The number of aryl methyl sites for hydroxylation is 2. The maximum Gasteiger partial charge on any atom is 0.239 e. The van der Waals surface area contributed by atoms with Gasteiger partial charge in [0, 0.05) is 32.3 Å². The van der Waals surface area contributed by atoms with Gasteiger partial charge in [-0.2, -0.15) is 5.10 Å². The number of carbonyl (C=O) groups excluding carboxylic acids is 2. The third-order valence-corrected chi connectivity index (χ3v) is 3.69. The van der Waals surface area contributed by atoms with E-state index >= 15 is 0 Å². The lowest BCUT2D eigenvalue weighted by Gasteiger charge is -2.20. The minimum absolute atomic E-state index is 0.00593. The number of hydrogen-bond donors (Lipinski definition) is 1. The largest absolute Gasteiger partial charge is 0.355 e. The molecule has 0 bridgehead atoms. The number of carbonyl (C=O) groups is 2. The molecule has 0 saturated carbocycles. The molecule has 0 atom stereocenters. The molecule has 0 saturated heterocycles. The molecule has 0 aliphatic heterocycles. The van der Waals surface area contributed by atoms with E-state index in [1.54, 1.807) is 4.90 Å². The number of rotatable bonds is 7. The quantitative estimate of drug-likeness (QED) is 0.814. The Morgan fingerprint density at radius 3 is 2.43 bits per heavy atom. The number of nitrogens with zero attached hydrogens (tertiary/aromatic N) is 3. The lowest BCUT2D eigenvalue weighted by atomic mass is 10.1. The normalized spacial score (nSPS) is 10.5. The van der Waals surface area contributed by atoms with Crippen LogP contribution in [0.5, 0.6) is 0 Å². The Kier molecular flexibility index (Phi) is 6.39. The molecular weight excluding hydrogens is 268 g/mol. The van der Waals surface area contributed by atoms with Crippen LogP contribution in [-0.2, 0) is 23.1 Å². The summed E-state index contributed by atoms with van der Waals surface area (Å²) in [6, 6.07) is 0. The molecule has 1 aromatic rings. The maximum atomic E-state index is 12.2. The van der Waals surface area contributed by atoms with Crippen molar-refractivity contribution < 1.29 is 9.59 Å². The summed E-state index contributed by atoms with van der Waals surface area (Å²) in [5, 5.41) is 7.07. The summed E-state index contributed by atoms with van der Waals surface area (Å²) in [5.41, 5.74) is 3.18. The number of nitrogens with one attached hydrogen (secondary N) is 1. The summed E-state index contributed by atoms with van der Waals surface area (Å²) >= 11 is 0. The topological polar surface area (TPSA) is 67.2 Å². The van der Waals surface area contributed by atoms with E-state index in [0.717, 1.165) is 17.0 Å². The Balaban J connectivity index is 2.60. The number of likely N-dealkylation sites (N-methyl/N-ethyl adjacent to an activating group) is 2. The van der Waals surface area contributed by atoms with E-state index in [9.17, 15) is 9.59 Å². The minimum atomic E-state index is -0.110. The summed E-state index contributed by atoms with van der Waals surface area (Å²) in [4.78, 5) is 25.4. The standard InChI is InChI=1S/C15H26N4O2/c1-6-16-14(20)10-19(7-2)15(21)9-8-13-11(3)17-18(5)12(13)4/h6-10H2,1-5H3,(H,16,20). The fourth-order valence-corrected chi connectivity index (χ4v) is 2.37. The Labute approximate surface area is 126 Å². The van der Waals surface area contributed by atoms with E-state index in [4.69, 9.17) is 0 Å². The minimum Gasteiger partial charge on any atom is -0.355 e. The fraction of sp³-hybridized carbons (Fsp3) is 0.667. The highest BCUT2D eigenvalue weighted by molar-refractivity contribution is 5.84. The molecule has 6 heteroatoms. The molecule has 0 unspecified atom stereocenters. The number of amides is 2. The van der Waals surface area contributed by atoms with Gasteiger partial charge in [-0.3, -0.25) is 14.3 Å². The smallest absolute Gasteiger partial charge is 0.239 e. The maximum absolute atomic E-state index is 12.2. The van der Waals surface area contributed by atoms with Gasteiger partial charge in [0.25, 0.3) is 0 Å². The van der Waals surface area contributed by atoms with Crippen LogP contribution < -0.4 is 5.32 Å². The van der Waals surface area contributed by atoms with Crippen LogP contribution in [0.25, 0.3) is 0 Å². The first-order chi connectivity index (χ1) is 9.90. The summed E-state index contributed by atoms with van der Waals surface area (Å²) in [5.74, 6) is -0.104. The number of aromatic nitrogens is 2. The molecule has 6 nitrogen and oxygen atoms in total. The Hall–Kier alpha value is -1.85. The summed E-state index contributed by atoms with van der Waals surface area (Å²) < 4.78 is 1.83. The highest BCUT2D eigenvalue weighted by atomic mass is 16.2. The van der Waals surface area contributed by atoms with Crippen molar-refractivity contribution in [1.82, 2.24) is 20.0 Å². The van der Waals surface area contributed by atoms with Gasteiger partial charge in [-0.1, -0.05) is 0 Å². The monoisotopic (exact) mass is 294 g/mol. The predicted molar refractivity (Wildman–Crippen MR) is 81.9 cm³/mol. The van der Waals surface area contributed by atoms with Crippen molar-refractivity contribution in [2.24, 2.45) is 7.05 Å². The third-order valence-electron chi connectivity index (χ3n) is 3.69. The van der Waals surface area contributed by atoms with Gasteiger partial charge in [-0.25, -0.2) is 0 Å². The van der Waals surface area contributed by atoms with Gasteiger partial charge in [-0.15, -0.1) is 0 Å². The highest BCUT2D eigenvalue weighted by Gasteiger charge is 2.17. The van der Waals surface area contributed by atoms with Crippen molar-refractivity contribution in [3.8, 4) is 0 Å². The number of hydrogen-bond acceptors (Lipinski definition) is 3. The Morgan fingerprint density at radius 1 is 1.29 bits per heavy atom. The second-order valence-corrected chi connectivity index (χ2v) is 5.13. The van der Waals surface area contributed by atoms with Crippen LogP contribution in [0, 0.1) is 13.8 Å². The highest BCUT2D eigenvalue weighted by Crippen LogP contribution is 2.14. The third kappa shape index (κ3) is 4.58. The molecule has 0 aromatic carbocycles. The molecule has 0 fully saturated rings.